The molecule has 2 heterocycles. The second kappa shape index (κ2) is 5.71. The van der Waals surface area contributed by atoms with E-state index >= 15 is 0 Å². The zero-order valence-corrected chi connectivity index (χ0v) is 12.2. The van der Waals surface area contributed by atoms with Crippen LogP contribution in [0.5, 0.6) is 0 Å². The van der Waals surface area contributed by atoms with E-state index in [4.69, 9.17) is 5.84 Å². The molecule has 3 N–H and O–H groups in total. The minimum absolute atomic E-state index is 0.0849. The van der Waals surface area contributed by atoms with Crippen LogP contribution in [0.4, 0.5) is 0 Å². The summed E-state index contributed by atoms with van der Waals surface area (Å²) in [5.41, 5.74) is 6.63. The third-order valence-electron chi connectivity index (χ3n) is 3.64. The van der Waals surface area contributed by atoms with Crippen LogP contribution in [0.2, 0.25) is 0 Å². The summed E-state index contributed by atoms with van der Waals surface area (Å²) in [5, 5.41) is 3.54. The van der Waals surface area contributed by atoms with E-state index in [1.807, 2.05) is 18.5 Å². The van der Waals surface area contributed by atoms with Crippen molar-refractivity contribution in [3.05, 3.63) is 64.8 Å². The Morgan fingerprint density at radius 1 is 1.30 bits per heavy atom. The Morgan fingerprint density at radius 3 is 2.95 bits per heavy atom. The maximum absolute atomic E-state index is 5.76. The summed E-state index contributed by atoms with van der Waals surface area (Å²) in [6.07, 6.45) is 4.58. The van der Waals surface area contributed by atoms with E-state index in [0.29, 0.717) is 0 Å². The molecule has 3 aromatic rings. The van der Waals surface area contributed by atoms with Gasteiger partial charge in [0.05, 0.1) is 6.04 Å². The highest BCUT2D eigenvalue weighted by atomic mass is 32.1. The summed E-state index contributed by atoms with van der Waals surface area (Å²) < 4.78 is 1.32. The molecule has 20 heavy (non-hydrogen) atoms. The Balaban J connectivity index is 1.94. The molecule has 0 aliphatic carbocycles. The van der Waals surface area contributed by atoms with Gasteiger partial charge in [0.25, 0.3) is 0 Å². The molecule has 2 aromatic heterocycles. The van der Waals surface area contributed by atoms with Crippen LogP contribution in [0, 0.1) is 6.92 Å². The molecule has 1 aromatic carbocycles. The highest BCUT2D eigenvalue weighted by Gasteiger charge is 2.15. The third-order valence-corrected chi connectivity index (χ3v) is 4.65. The Labute approximate surface area is 122 Å². The molecule has 1 unspecified atom stereocenters. The molecule has 102 valence electrons. The van der Waals surface area contributed by atoms with Crippen molar-refractivity contribution < 1.29 is 0 Å². The van der Waals surface area contributed by atoms with Crippen molar-refractivity contribution in [2.45, 2.75) is 19.4 Å². The molecular weight excluding hydrogens is 266 g/mol. The fourth-order valence-electron chi connectivity index (χ4n) is 2.51. The number of rotatable bonds is 4. The zero-order chi connectivity index (χ0) is 13.9. The highest BCUT2D eigenvalue weighted by molar-refractivity contribution is 7.17. The number of hydrogen-bond donors (Lipinski definition) is 2. The molecule has 1 atom stereocenters. The van der Waals surface area contributed by atoms with Crippen LogP contribution in [0.25, 0.3) is 10.1 Å². The van der Waals surface area contributed by atoms with Crippen LogP contribution in [-0.2, 0) is 6.42 Å². The smallest absolute Gasteiger partial charge is 0.0518 e. The summed E-state index contributed by atoms with van der Waals surface area (Å²) in [6.45, 7) is 2.09. The van der Waals surface area contributed by atoms with Gasteiger partial charge in [0.1, 0.15) is 0 Å². The minimum atomic E-state index is 0.0849. The van der Waals surface area contributed by atoms with Gasteiger partial charge < -0.3 is 0 Å². The lowest BCUT2D eigenvalue weighted by atomic mass is 9.97. The number of benzene rings is 1. The van der Waals surface area contributed by atoms with Crippen LogP contribution < -0.4 is 11.3 Å². The van der Waals surface area contributed by atoms with Crippen molar-refractivity contribution in [2.75, 3.05) is 0 Å². The molecule has 0 spiro atoms. The number of aryl methyl sites for hydroxylation is 1. The lowest BCUT2D eigenvalue weighted by Gasteiger charge is -2.17. The first-order chi connectivity index (χ1) is 9.79. The topological polar surface area (TPSA) is 50.9 Å². The predicted octanol–water partition coefficient (Wildman–Crippen LogP) is 3.35. The van der Waals surface area contributed by atoms with Crippen LogP contribution in [-0.4, -0.2) is 4.98 Å². The summed E-state index contributed by atoms with van der Waals surface area (Å²) in [4.78, 5) is 4.21. The molecule has 4 heteroatoms. The monoisotopic (exact) mass is 283 g/mol. The van der Waals surface area contributed by atoms with Gasteiger partial charge in [0.15, 0.2) is 0 Å². The van der Waals surface area contributed by atoms with E-state index in [-0.39, 0.29) is 6.04 Å². The number of fused-ring (bicyclic) bond motifs is 1. The second-order valence-corrected chi connectivity index (χ2v) is 5.82. The fourth-order valence-corrected chi connectivity index (χ4v) is 3.49. The van der Waals surface area contributed by atoms with E-state index in [9.17, 15) is 0 Å². The molecule has 0 amide bonds. The summed E-state index contributed by atoms with van der Waals surface area (Å²) >= 11 is 1.78. The molecule has 0 aliphatic rings. The number of aromatic nitrogens is 1. The lowest BCUT2D eigenvalue weighted by molar-refractivity contribution is 0.549. The van der Waals surface area contributed by atoms with Gasteiger partial charge >= 0.3 is 0 Å². The van der Waals surface area contributed by atoms with Crippen LogP contribution in [0.3, 0.4) is 0 Å². The SMILES string of the molecule is Cc1ccncc1C(Cc1csc2ccccc12)NN. The maximum Gasteiger partial charge on any atom is 0.0518 e. The van der Waals surface area contributed by atoms with E-state index in [0.717, 1.165) is 12.0 Å². The molecule has 0 aliphatic heterocycles. The van der Waals surface area contributed by atoms with E-state index in [1.165, 1.54) is 21.2 Å². The first-order valence-corrected chi connectivity index (χ1v) is 7.49. The maximum atomic E-state index is 5.76. The summed E-state index contributed by atoms with van der Waals surface area (Å²) in [5.74, 6) is 5.76. The number of thiophene rings is 1. The van der Waals surface area contributed by atoms with Crippen molar-refractivity contribution in [1.82, 2.24) is 10.4 Å². The summed E-state index contributed by atoms with van der Waals surface area (Å²) in [6, 6.07) is 10.6. The molecule has 3 nitrogen and oxygen atoms in total. The third kappa shape index (κ3) is 2.45. The van der Waals surface area contributed by atoms with Gasteiger partial charge in [-0.2, -0.15) is 0 Å². The second-order valence-electron chi connectivity index (χ2n) is 4.91. The minimum Gasteiger partial charge on any atom is -0.271 e. The average molecular weight is 283 g/mol. The van der Waals surface area contributed by atoms with Crippen molar-refractivity contribution in [1.29, 1.82) is 0 Å². The van der Waals surface area contributed by atoms with Crippen LogP contribution in [0.1, 0.15) is 22.7 Å². The Kier molecular flexibility index (Phi) is 3.78. The number of hydrazine groups is 1. The van der Waals surface area contributed by atoms with Gasteiger partial charge in [-0.05, 0) is 52.9 Å². The molecular formula is C16H17N3S. The normalized spacial score (nSPS) is 12.7. The Morgan fingerprint density at radius 2 is 2.15 bits per heavy atom. The molecule has 0 saturated carbocycles. The highest BCUT2D eigenvalue weighted by Crippen LogP contribution is 2.29. The van der Waals surface area contributed by atoms with Gasteiger partial charge in [0.2, 0.25) is 0 Å². The molecule has 0 radical (unpaired) electrons. The fraction of sp³-hybridized carbons (Fsp3) is 0.188. The number of nitrogens with two attached hydrogens (primary N) is 1. The Hall–Kier alpha value is -1.75. The first-order valence-electron chi connectivity index (χ1n) is 6.61. The van der Waals surface area contributed by atoms with Crippen molar-refractivity contribution >= 4 is 21.4 Å². The standard InChI is InChI=1S/C16H17N3S/c1-11-6-7-18-9-14(11)15(19-17)8-12-10-20-16-5-3-2-4-13(12)16/h2-7,9-10,15,19H,8,17H2,1H3. The average Bonchev–Trinajstić information content (AvgIpc) is 2.89. The summed E-state index contributed by atoms with van der Waals surface area (Å²) in [7, 11) is 0. The first kappa shape index (κ1) is 13.2. The quantitative estimate of drug-likeness (QED) is 0.570. The molecule has 3 rings (SSSR count). The number of pyridine rings is 1. The van der Waals surface area contributed by atoms with E-state index < -0.39 is 0 Å². The van der Waals surface area contributed by atoms with Crippen LogP contribution in [0.15, 0.2) is 48.1 Å². The zero-order valence-electron chi connectivity index (χ0n) is 11.3. The molecule has 0 bridgehead atoms. The van der Waals surface area contributed by atoms with Gasteiger partial charge in [-0.25, -0.2) is 0 Å². The predicted molar refractivity (Wildman–Crippen MR) is 84.6 cm³/mol. The number of hydrogen-bond acceptors (Lipinski definition) is 4. The van der Waals surface area contributed by atoms with Gasteiger partial charge in [-0.1, -0.05) is 18.2 Å². The number of nitrogens with one attached hydrogen (secondary N) is 1. The van der Waals surface area contributed by atoms with Crippen molar-refractivity contribution in [3.63, 3.8) is 0 Å². The van der Waals surface area contributed by atoms with Crippen molar-refractivity contribution in [3.8, 4) is 0 Å². The van der Waals surface area contributed by atoms with E-state index in [1.54, 1.807) is 11.3 Å². The van der Waals surface area contributed by atoms with Gasteiger partial charge in [0, 0.05) is 17.1 Å². The largest absolute Gasteiger partial charge is 0.271 e. The van der Waals surface area contributed by atoms with E-state index in [2.05, 4.69) is 47.0 Å². The van der Waals surface area contributed by atoms with Crippen LogP contribution >= 0.6 is 11.3 Å². The molecule has 0 fully saturated rings. The Bertz CT molecular complexity index is 720. The molecule has 0 saturated heterocycles. The number of nitrogens with zero attached hydrogens (tertiary/aromatic N) is 1. The lowest BCUT2D eigenvalue weighted by Crippen LogP contribution is -2.30. The van der Waals surface area contributed by atoms with Gasteiger partial charge in [-0.15, -0.1) is 11.3 Å². The van der Waals surface area contributed by atoms with Gasteiger partial charge in [-0.3, -0.25) is 16.3 Å². The van der Waals surface area contributed by atoms with Crippen molar-refractivity contribution in [2.24, 2.45) is 5.84 Å².